The van der Waals surface area contributed by atoms with Gasteiger partial charge in [0.2, 0.25) is 0 Å². The highest BCUT2D eigenvalue weighted by Gasteiger charge is 2.21. The van der Waals surface area contributed by atoms with Gasteiger partial charge in [0.05, 0.1) is 0 Å². The summed E-state index contributed by atoms with van der Waals surface area (Å²) in [7, 11) is 0. The van der Waals surface area contributed by atoms with E-state index in [-0.39, 0.29) is 12.1 Å². The lowest BCUT2D eigenvalue weighted by Crippen LogP contribution is -2.35. The second-order valence-corrected chi connectivity index (χ2v) is 3.90. The monoisotopic (exact) mass is 207 g/mol. The van der Waals surface area contributed by atoms with Crippen LogP contribution in [0.25, 0.3) is 0 Å². The second-order valence-electron chi connectivity index (χ2n) is 3.90. The van der Waals surface area contributed by atoms with Crippen molar-refractivity contribution < 1.29 is 9.47 Å². The number of fused-ring (bicyclic) bond motifs is 1. The maximum atomic E-state index is 5.89. The Balaban J connectivity index is 1.99. The Bertz CT molecular complexity index is 327. The van der Waals surface area contributed by atoms with Gasteiger partial charge in [0.15, 0.2) is 11.5 Å². The van der Waals surface area contributed by atoms with Gasteiger partial charge in [0.1, 0.15) is 12.7 Å². The zero-order chi connectivity index (χ0) is 10.7. The normalized spacial score (nSPS) is 21.1. The Morgan fingerprint density at radius 2 is 2.13 bits per heavy atom. The van der Waals surface area contributed by atoms with Gasteiger partial charge < -0.3 is 15.2 Å². The molecular weight excluding hydrogens is 190 g/mol. The summed E-state index contributed by atoms with van der Waals surface area (Å²) in [6.07, 6.45) is 1.92. The van der Waals surface area contributed by atoms with Gasteiger partial charge in [-0.15, -0.1) is 0 Å². The van der Waals surface area contributed by atoms with Gasteiger partial charge in [0.25, 0.3) is 0 Å². The van der Waals surface area contributed by atoms with Crippen molar-refractivity contribution in [2.75, 3.05) is 6.61 Å². The molecule has 0 saturated carbocycles. The molecule has 82 valence electrons. The van der Waals surface area contributed by atoms with Crippen LogP contribution in [0.2, 0.25) is 0 Å². The van der Waals surface area contributed by atoms with Crippen LogP contribution in [0.4, 0.5) is 0 Å². The smallest absolute Gasteiger partial charge is 0.161 e. The molecule has 0 saturated heterocycles. The zero-order valence-electron chi connectivity index (χ0n) is 8.98. The number of rotatable bonds is 3. The minimum atomic E-state index is 0.0925. The van der Waals surface area contributed by atoms with Crippen molar-refractivity contribution in [3.05, 3.63) is 24.3 Å². The van der Waals surface area contributed by atoms with Gasteiger partial charge >= 0.3 is 0 Å². The van der Waals surface area contributed by atoms with E-state index in [1.165, 1.54) is 0 Å². The first-order valence-electron chi connectivity index (χ1n) is 5.43. The quantitative estimate of drug-likeness (QED) is 0.824. The first-order chi connectivity index (χ1) is 7.29. The minimum Gasteiger partial charge on any atom is -0.486 e. The first kappa shape index (κ1) is 10.3. The number of para-hydroxylation sites is 2. The molecule has 2 unspecified atom stereocenters. The molecule has 3 nitrogen and oxygen atoms in total. The van der Waals surface area contributed by atoms with E-state index in [4.69, 9.17) is 15.2 Å². The number of ether oxygens (including phenoxy) is 2. The van der Waals surface area contributed by atoms with Gasteiger partial charge in [-0.25, -0.2) is 0 Å². The van der Waals surface area contributed by atoms with Gasteiger partial charge in [-0.2, -0.15) is 0 Å². The van der Waals surface area contributed by atoms with Gasteiger partial charge in [0, 0.05) is 12.5 Å². The first-order valence-corrected chi connectivity index (χ1v) is 5.43. The molecule has 1 aromatic rings. The van der Waals surface area contributed by atoms with E-state index in [9.17, 15) is 0 Å². The number of hydrogen-bond donors (Lipinski definition) is 1. The van der Waals surface area contributed by atoms with Crippen LogP contribution in [-0.4, -0.2) is 18.8 Å². The molecule has 0 aromatic heterocycles. The van der Waals surface area contributed by atoms with E-state index in [2.05, 4.69) is 6.92 Å². The van der Waals surface area contributed by atoms with E-state index in [1.807, 2.05) is 24.3 Å². The van der Waals surface area contributed by atoms with E-state index in [0.717, 1.165) is 24.3 Å². The Hall–Kier alpha value is -1.22. The molecular formula is C12H17NO2. The standard InChI is InChI=1S/C12H17NO2/c1-2-9(13)7-10-8-14-11-5-3-4-6-12(11)15-10/h3-6,9-10H,2,7-8,13H2,1H3. The third-order valence-corrected chi connectivity index (χ3v) is 2.66. The Labute approximate surface area is 90.2 Å². The summed E-state index contributed by atoms with van der Waals surface area (Å²) in [5.74, 6) is 1.66. The largest absolute Gasteiger partial charge is 0.486 e. The van der Waals surface area contributed by atoms with Gasteiger partial charge in [-0.05, 0) is 18.6 Å². The fraction of sp³-hybridized carbons (Fsp3) is 0.500. The average Bonchev–Trinajstić information content (AvgIpc) is 2.29. The SMILES string of the molecule is CCC(N)CC1COc2ccccc2O1. The highest BCUT2D eigenvalue weighted by atomic mass is 16.6. The van der Waals surface area contributed by atoms with Crippen molar-refractivity contribution in [1.29, 1.82) is 0 Å². The summed E-state index contributed by atoms with van der Waals surface area (Å²) in [4.78, 5) is 0. The average molecular weight is 207 g/mol. The topological polar surface area (TPSA) is 44.5 Å². The van der Waals surface area contributed by atoms with Crippen LogP contribution in [0, 0.1) is 0 Å². The number of hydrogen-bond acceptors (Lipinski definition) is 3. The predicted molar refractivity (Wildman–Crippen MR) is 59.2 cm³/mol. The molecule has 2 N–H and O–H groups in total. The van der Waals surface area contributed by atoms with Crippen LogP contribution in [0.1, 0.15) is 19.8 Å². The number of nitrogens with two attached hydrogens (primary N) is 1. The van der Waals surface area contributed by atoms with Crippen molar-refractivity contribution in [2.45, 2.75) is 31.9 Å². The maximum Gasteiger partial charge on any atom is 0.161 e. The molecule has 0 aliphatic carbocycles. The Kier molecular flexibility index (Phi) is 3.11. The molecule has 3 heteroatoms. The lowest BCUT2D eigenvalue weighted by molar-refractivity contribution is 0.0795. The molecule has 0 fully saturated rings. The molecule has 0 bridgehead atoms. The summed E-state index contributed by atoms with van der Waals surface area (Å²) >= 11 is 0. The van der Waals surface area contributed by atoms with E-state index in [1.54, 1.807) is 0 Å². The summed E-state index contributed by atoms with van der Waals surface area (Å²) < 4.78 is 11.4. The van der Waals surface area contributed by atoms with Crippen molar-refractivity contribution in [2.24, 2.45) is 5.73 Å². The van der Waals surface area contributed by atoms with E-state index in [0.29, 0.717) is 6.61 Å². The molecule has 0 amide bonds. The summed E-state index contributed by atoms with van der Waals surface area (Å²) in [5.41, 5.74) is 5.89. The van der Waals surface area contributed by atoms with Crippen molar-refractivity contribution in [3.8, 4) is 11.5 Å². The summed E-state index contributed by atoms with van der Waals surface area (Å²) in [5, 5.41) is 0. The van der Waals surface area contributed by atoms with Crippen LogP contribution in [0.3, 0.4) is 0 Å². The highest BCUT2D eigenvalue weighted by molar-refractivity contribution is 5.40. The van der Waals surface area contributed by atoms with Crippen LogP contribution in [0.5, 0.6) is 11.5 Å². The van der Waals surface area contributed by atoms with Gasteiger partial charge in [-0.1, -0.05) is 19.1 Å². The van der Waals surface area contributed by atoms with Crippen LogP contribution in [-0.2, 0) is 0 Å². The van der Waals surface area contributed by atoms with E-state index >= 15 is 0 Å². The minimum absolute atomic E-state index is 0.0925. The lowest BCUT2D eigenvalue weighted by atomic mass is 10.1. The lowest BCUT2D eigenvalue weighted by Gasteiger charge is -2.27. The fourth-order valence-electron chi connectivity index (χ4n) is 1.68. The summed E-state index contributed by atoms with van der Waals surface area (Å²) in [6, 6.07) is 7.94. The maximum absolute atomic E-state index is 5.89. The molecule has 2 rings (SSSR count). The fourth-order valence-corrected chi connectivity index (χ4v) is 1.68. The third kappa shape index (κ3) is 2.42. The van der Waals surface area contributed by atoms with Crippen molar-refractivity contribution in [1.82, 2.24) is 0 Å². The van der Waals surface area contributed by atoms with Crippen LogP contribution >= 0.6 is 0 Å². The molecule has 15 heavy (non-hydrogen) atoms. The molecule has 2 atom stereocenters. The number of benzene rings is 1. The molecule has 1 aliphatic rings. The highest BCUT2D eigenvalue weighted by Crippen LogP contribution is 2.31. The Morgan fingerprint density at radius 3 is 2.87 bits per heavy atom. The third-order valence-electron chi connectivity index (χ3n) is 2.66. The van der Waals surface area contributed by atoms with Crippen LogP contribution < -0.4 is 15.2 Å². The zero-order valence-corrected chi connectivity index (χ0v) is 8.98. The molecule has 1 heterocycles. The predicted octanol–water partition coefficient (Wildman–Crippen LogP) is 1.95. The van der Waals surface area contributed by atoms with Crippen LogP contribution in [0.15, 0.2) is 24.3 Å². The van der Waals surface area contributed by atoms with Crippen molar-refractivity contribution >= 4 is 0 Å². The Morgan fingerprint density at radius 1 is 1.40 bits per heavy atom. The van der Waals surface area contributed by atoms with E-state index < -0.39 is 0 Å². The van der Waals surface area contributed by atoms with Crippen molar-refractivity contribution in [3.63, 3.8) is 0 Å². The second kappa shape index (κ2) is 4.53. The molecule has 0 radical (unpaired) electrons. The summed E-state index contributed by atoms with van der Waals surface area (Å²) in [6.45, 7) is 2.69. The van der Waals surface area contributed by atoms with Gasteiger partial charge in [-0.3, -0.25) is 0 Å². The molecule has 1 aliphatic heterocycles. The molecule has 0 spiro atoms. The molecule has 1 aromatic carbocycles.